The van der Waals surface area contributed by atoms with E-state index in [1.807, 2.05) is 48.5 Å². The van der Waals surface area contributed by atoms with Crippen molar-refractivity contribution in [3.05, 3.63) is 69.7 Å². The van der Waals surface area contributed by atoms with Gasteiger partial charge in [0.15, 0.2) is 0 Å². The summed E-state index contributed by atoms with van der Waals surface area (Å²) in [4.78, 5) is 12.3. The quantitative estimate of drug-likeness (QED) is 0.794. The minimum absolute atomic E-state index is 0.0137. The number of hydrazine groups is 1. The SMILES string of the molecule is O=C(NCc1ccccc1Cl)C1CC(c2ccccc2Cl)NN1. The highest BCUT2D eigenvalue weighted by atomic mass is 35.5. The predicted molar refractivity (Wildman–Crippen MR) is 92.2 cm³/mol. The van der Waals surface area contributed by atoms with Crippen molar-refractivity contribution in [1.82, 2.24) is 16.2 Å². The van der Waals surface area contributed by atoms with Gasteiger partial charge in [0.05, 0.1) is 0 Å². The third-order valence-electron chi connectivity index (χ3n) is 3.91. The molecule has 1 heterocycles. The van der Waals surface area contributed by atoms with E-state index in [1.165, 1.54) is 0 Å². The van der Waals surface area contributed by atoms with Crippen molar-refractivity contribution in [2.24, 2.45) is 0 Å². The summed E-state index contributed by atoms with van der Waals surface area (Å²) in [5.74, 6) is -0.0630. The van der Waals surface area contributed by atoms with E-state index in [9.17, 15) is 4.79 Å². The number of hydrogen-bond donors (Lipinski definition) is 3. The number of carbonyl (C=O) groups excluding carboxylic acids is 1. The Kier molecular flexibility index (Phi) is 5.18. The van der Waals surface area contributed by atoms with Gasteiger partial charge in [-0.2, -0.15) is 0 Å². The van der Waals surface area contributed by atoms with Gasteiger partial charge in [-0.05, 0) is 29.7 Å². The van der Waals surface area contributed by atoms with Crippen molar-refractivity contribution >= 4 is 29.1 Å². The first-order chi connectivity index (χ1) is 11.1. The fourth-order valence-electron chi connectivity index (χ4n) is 2.64. The van der Waals surface area contributed by atoms with Crippen molar-refractivity contribution in [3.63, 3.8) is 0 Å². The van der Waals surface area contributed by atoms with E-state index in [0.717, 1.165) is 11.1 Å². The van der Waals surface area contributed by atoms with Gasteiger partial charge in [-0.15, -0.1) is 0 Å². The minimum Gasteiger partial charge on any atom is -0.351 e. The zero-order valence-corrected chi connectivity index (χ0v) is 13.9. The molecular weight excluding hydrogens is 333 g/mol. The van der Waals surface area contributed by atoms with E-state index in [4.69, 9.17) is 23.2 Å². The maximum Gasteiger partial charge on any atom is 0.238 e. The van der Waals surface area contributed by atoms with Crippen LogP contribution in [-0.4, -0.2) is 11.9 Å². The Balaban J connectivity index is 1.58. The summed E-state index contributed by atoms with van der Waals surface area (Å²) in [5.41, 5.74) is 8.05. The van der Waals surface area contributed by atoms with Gasteiger partial charge in [0, 0.05) is 22.6 Å². The molecule has 1 fully saturated rings. The summed E-state index contributed by atoms with van der Waals surface area (Å²) in [6.45, 7) is 0.410. The second-order valence-electron chi connectivity index (χ2n) is 5.46. The second kappa shape index (κ2) is 7.32. The average Bonchev–Trinajstić information content (AvgIpc) is 3.04. The lowest BCUT2D eigenvalue weighted by Crippen LogP contribution is -2.42. The predicted octanol–water partition coefficient (Wildman–Crippen LogP) is 3.22. The van der Waals surface area contributed by atoms with Crippen LogP contribution in [0, 0.1) is 0 Å². The molecule has 0 spiro atoms. The summed E-state index contributed by atoms with van der Waals surface area (Å²) in [7, 11) is 0. The molecule has 1 aliphatic rings. The zero-order valence-electron chi connectivity index (χ0n) is 12.4. The van der Waals surface area contributed by atoms with E-state index in [2.05, 4.69) is 16.2 Å². The Morgan fingerprint density at radius 1 is 1.04 bits per heavy atom. The maximum atomic E-state index is 12.3. The topological polar surface area (TPSA) is 53.2 Å². The normalized spacial score (nSPS) is 20.4. The average molecular weight is 350 g/mol. The number of amides is 1. The first-order valence-corrected chi connectivity index (χ1v) is 8.17. The molecule has 6 heteroatoms. The van der Waals surface area contributed by atoms with Crippen LogP contribution in [0.25, 0.3) is 0 Å². The number of benzene rings is 2. The minimum atomic E-state index is -0.307. The van der Waals surface area contributed by atoms with Crippen LogP contribution >= 0.6 is 23.2 Å². The molecule has 2 aromatic rings. The van der Waals surface area contributed by atoms with Crippen molar-refractivity contribution in [2.45, 2.75) is 25.0 Å². The molecule has 0 aromatic heterocycles. The maximum absolute atomic E-state index is 12.3. The van der Waals surface area contributed by atoms with Crippen molar-refractivity contribution in [3.8, 4) is 0 Å². The molecule has 23 heavy (non-hydrogen) atoms. The summed E-state index contributed by atoms with van der Waals surface area (Å²) in [6.07, 6.45) is 0.637. The zero-order chi connectivity index (χ0) is 16.2. The molecule has 4 nitrogen and oxygen atoms in total. The van der Waals surface area contributed by atoms with Crippen LogP contribution in [0.5, 0.6) is 0 Å². The first-order valence-electron chi connectivity index (χ1n) is 7.42. The van der Waals surface area contributed by atoms with Crippen LogP contribution in [0.1, 0.15) is 23.6 Å². The number of halogens is 2. The summed E-state index contributed by atoms with van der Waals surface area (Å²) in [6, 6.07) is 14.8. The molecule has 2 aromatic carbocycles. The molecule has 3 rings (SSSR count). The number of hydrogen-bond acceptors (Lipinski definition) is 3. The van der Waals surface area contributed by atoms with Crippen LogP contribution in [0.3, 0.4) is 0 Å². The van der Waals surface area contributed by atoms with Gasteiger partial charge >= 0.3 is 0 Å². The van der Waals surface area contributed by atoms with Gasteiger partial charge in [0.1, 0.15) is 6.04 Å². The molecule has 0 radical (unpaired) electrons. The molecule has 0 saturated carbocycles. The third kappa shape index (κ3) is 3.85. The molecule has 3 N–H and O–H groups in total. The third-order valence-corrected chi connectivity index (χ3v) is 4.62. The fraction of sp³-hybridized carbons (Fsp3) is 0.235. The van der Waals surface area contributed by atoms with Gasteiger partial charge in [-0.3, -0.25) is 4.79 Å². The van der Waals surface area contributed by atoms with Gasteiger partial charge in [-0.25, -0.2) is 10.9 Å². The van der Waals surface area contributed by atoms with Crippen molar-refractivity contribution in [2.75, 3.05) is 0 Å². The number of carbonyl (C=O) groups is 1. The Morgan fingerprint density at radius 3 is 2.48 bits per heavy atom. The highest BCUT2D eigenvalue weighted by Crippen LogP contribution is 2.28. The Hall–Kier alpha value is -1.59. The first kappa shape index (κ1) is 16.3. The molecule has 2 atom stereocenters. The molecule has 0 aliphatic carbocycles. The van der Waals surface area contributed by atoms with Gasteiger partial charge < -0.3 is 5.32 Å². The lowest BCUT2D eigenvalue weighted by molar-refractivity contribution is -0.123. The summed E-state index contributed by atoms with van der Waals surface area (Å²) in [5, 5.41) is 4.26. The van der Waals surface area contributed by atoms with Crippen LogP contribution < -0.4 is 16.2 Å². The van der Waals surface area contributed by atoms with E-state index < -0.39 is 0 Å². The van der Waals surface area contributed by atoms with Crippen molar-refractivity contribution < 1.29 is 4.79 Å². The van der Waals surface area contributed by atoms with Crippen LogP contribution in [0.2, 0.25) is 10.0 Å². The number of nitrogens with one attached hydrogen (secondary N) is 3. The standard InChI is InChI=1S/C17H17Cl2N3O/c18-13-7-3-1-5-11(13)10-20-17(23)16-9-15(21-22-16)12-6-2-4-8-14(12)19/h1-8,15-16,21-22H,9-10H2,(H,20,23). The molecule has 1 amide bonds. The Bertz CT molecular complexity index is 708. The van der Waals surface area contributed by atoms with E-state index >= 15 is 0 Å². The fourth-order valence-corrected chi connectivity index (χ4v) is 3.11. The lowest BCUT2D eigenvalue weighted by Gasteiger charge is -2.12. The van der Waals surface area contributed by atoms with Gasteiger partial charge in [0.25, 0.3) is 0 Å². The molecule has 1 saturated heterocycles. The smallest absolute Gasteiger partial charge is 0.238 e. The van der Waals surface area contributed by atoms with Crippen LogP contribution in [0.15, 0.2) is 48.5 Å². The highest BCUT2D eigenvalue weighted by Gasteiger charge is 2.30. The Labute approximate surface area is 145 Å². The molecular formula is C17H17Cl2N3O. The highest BCUT2D eigenvalue weighted by molar-refractivity contribution is 6.31. The second-order valence-corrected chi connectivity index (χ2v) is 6.27. The molecule has 0 bridgehead atoms. The molecule has 120 valence electrons. The van der Waals surface area contributed by atoms with Gasteiger partial charge in [0.2, 0.25) is 5.91 Å². The monoisotopic (exact) mass is 349 g/mol. The molecule has 1 aliphatic heterocycles. The summed E-state index contributed by atoms with van der Waals surface area (Å²) < 4.78 is 0. The lowest BCUT2D eigenvalue weighted by atomic mass is 10.0. The van der Waals surface area contributed by atoms with E-state index in [1.54, 1.807) is 0 Å². The number of rotatable bonds is 4. The Morgan fingerprint density at radius 2 is 1.74 bits per heavy atom. The molecule has 2 unspecified atom stereocenters. The van der Waals surface area contributed by atoms with E-state index in [0.29, 0.717) is 23.0 Å². The van der Waals surface area contributed by atoms with Crippen LogP contribution in [0.4, 0.5) is 0 Å². The largest absolute Gasteiger partial charge is 0.351 e. The summed E-state index contributed by atoms with van der Waals surface area (Å²) >= 11 is 12.3. The van der Waals surface area contributed by atoms with Gasteiger partial charge in [-0.1, -0.05) is 59.6 Å². The van der Waals surface area contributed by atoms with Crippen LogP contribution in [-0.2, 0) is 11.3 Å². The van der Waals surface area contributed by atoms with E-state index in [-0.39, 0.29) is 18.0 Å². The van der Waals surface area contributed by atoms with Crippen molar-refractivity contribution in [1.29, 1.82) is 0 Å².